The van der Waals surface area contributed by atoms with E-state index in [-0.39, 0.29) is 0 Å². The van der Waals surface area contributed by atoms with E-state index >= 15 is 0 Å². The Morgan fingerprint density at radius 3 is 3.00 bits per heavy atom. The average molecular weight is 241 g/mol. The number of nitrogens with zero attached hydrogens (tertiary/aromatic N) is 2. The number of pyridine rings is 1. The molecule has 2 fully saturated rings. The van der Waals surface area contributed by atoms with Crippen LogP contribution >= 0.6 is 0 Å². The molecule has 3 heteroatoms. The molecule has 1 aromatic heterocycles. The molecule has 0 saturated heterocycles. The molecule has 0 radical (unpaired) electrons. The SMILES string of the molecule is CC(Nc1cc(C#N)ccn1)C1CC2CCC1C2. The minimum atomic E-state index is 0.460. The summed E-state index contributed by atoms with van der Waals surface area (Å²) >= 11 is 0. The zero-order valence-corrected chi connectivity index (χ0v) is 10.8. The highest BCUT2D eigenvalue weighted by molar-refractivity contribution is 5.43. The molecule has 0 aliphatic heterocycles. The number of fused-ring (bicyclic) bond motifs is 2. The largest absolute Gasteiger partial charge is 0.367 e. The summed E-state index contributed by atoms with van der Waals surface area (Å²) in [6.45, 7) is 2.26. The highest BCUT2D eigenvalue weighted by Gasteiger charge is 2.41. The quantitative estimate of drug-likeness (QED) is 0.884. The molecule has 2 bridgehead atoms. The summed E-state index contributed by atoms with van der Waals surface area (Å²) in [5, 5.41) is 12.4. The maximum absolute atomic E-state index is 8.89. The minimum absolute atomic E-state index is 0.460. The number of nitriles is 1. The summed E-state index contributed by atoms with van der Waals surface area (Å²) in [5.74, 6) is 3.51. The fourth-order valence-electron chi connectivity index (χ4n) is 3.83. The van der Waals surface area contributed by atoms with Crippen molar-refractivity contribution in [1.82, 2.24) is 4.98 Å². The molecule has 2 aliphatic rings. The smallest absolute Gasteiger partial charge is 0.127 e. The second kappa shape index (κ2) is 4.61. The zero-order chi connectivity index (χ0) is 12.5. The van der Waals surface area contributed by atoms with E-state index in [2.05, 4.69) is 23.3 Å². The van der Waals surface area contributed by atoms with Crippen LogP contribution in [0.25, 0.3) is 0 Å². The van der Waals surface area contributed by atoms with Crippen molar-refractivity contribution >= 4 is 5.82 Å². The van der Waals surface area contributed by atoms with Gasteiger partial charge in [-0.3, -0.25) is 0 Å². The van der Waals surface area contributed by atoms with E-state index in [1.165, 1.54) is 25.7 Å². The van der Waals surface area contributed by atoms with Gasteiger partial charge in [-0.15, -0.1) is 0 Å². The number of hydrogen-bond acceptors (Lipinski definition) is 3. The second-order valence-corrected chi connectivity index (χ2v) is 5.81. The van der Waals surface area contributed by atoms with Crippen molar-refractivity contribution in [1.29, 1.82) is 5.26 Å². The highest BCUT2D eigenvalue weighted by atomic mass is 15.0. The Morgan fingerprint density at radius 1 is 1.44 bits per heavy atom. The van der Waals surface area contributed by atoms with Gasteiger partial charge in [0.15, 0.2) is 0 Å². The van der Waals surface area contributed by atoms with E-state index in [0.29, 0.717) is 11.6 Å². The summed E-state index contributed by atoms with van der Waals surface area (Å²) in [4.78, 5) is 4.30. The van der Waals surface area contributed by atoms with Crippen molar-refractivity contribution in [3.05, 3.63) is 23.9 Å². The Labute approximate surface area is 108 Å². The summed E-state index contributed by atoms with van der Waals surface area (Å²) in [7, 11) is 0. The Hall–Kier alpha value is -1.56. The van der Waals surface area contributed by atoms with Crippen molar-refractivity contribution in [3.8, 4) is 6.07 Å². The van der Waals surface area contributed by atoms with Crippen LogP contribution in [0.1, 0.15) is 38.2 Å². The first-order valence-electron chi connectivity index (χ1n) is 6.89. The first kappa shape index (κ1) is 11.5. The third-order valence-corrected chi connectivity index (χ3v) is 4.70. The molecule has 18 heavy (non-hydrogen) atoms. The molecule has 3 rings (SSSR count). The van der Waals surface area contributed by atoms with E-state index in [4.69, 9.17) is 5.26 Å². The van der Waals surface area contributed by atoms with Gasteiger partial charge in [0.2, 0.25) is 0 Å². The number of rotatable bonds is 3. The minimum Gasteiger partial charge on any atom is -0.367 e. The van der Waals surface area contributed by atoms with Crippen LogP contribution in [-0.4, -0.2) is 11.0 Å². The second-order valence-electron chi connectivity index (χ2n) is 5.81. The highest BCUT2D eigenvalue weighted by Crippen LogP contribution is 2.49. The number of hydrogen-bond donors (Lipinski definition) is 1. The number of aromatic nitrogens is 1. The van der Waals surface area contributed by atoms with Gasteiger partial charge in [0.25, 0.3) is 0 Å². The van der Waals surface area contributed by atoms with Gasteiger partial charge in [0.1, 0.15) is 5.82 Å². The molecular formula is C15H19N3. The molecule has 0 amide bonds. The third kappa shape index (κ3) is 2.08. The lowest BCUT2D eigenvalue weighted by atomic mass is 9.84. The summed E-state index contributed by atoms with van der Waals surface area (Å²) in [5.41, 5.74) is 0.674. The lowest BCUT2D eigenvalue weighted by molar-refractivity contribution is 0.304. The molecular weight excluding hydrogens is 222 g/mol. The molecule has 0 spiro atoms. The topological polar surface area (TPSA) is 48.7 Å². The molecule has 2 saturated carbocycles. The van der Waals surface area contributed by atoms with Crippen LogP contribution in [0.2, 0.25) is 0 Å². The maximum atomic E-state index is 8.89. The normalized spacial score (nSPS) is 31.0. The lowest BCUT2D eigenvalue weighted by Gasteiger charge is -2.28. The van der Waals surface area contributed by atoms with Gasteiger partial charge < -0.3 is 5.32 Å². The van der Waals surface area contributed by atoms with Crippen LogP contribution in [-0.2, 0) is 0 Å². The fraction of sp³-hybridized carbons (Fsp3) is 0.600. The Bertz CT molecular complexity index is 477. The van der Waals surface area contributed by atoms with Gasteiger partial charge in [-0.1, -0.05) is 6.42 Å². The molecule has 3 nitrogen and oxygen atoms in total. The first-order chi connectivity index (χ1) is 8.76. The van der Waals surface area contributed by atoms with Crippen molar-refractivity contribution < 1.29 is 0 Å². The van der Waals surface area contributed by atoms with Crippen molar-refractivity contribution in [2.45, 2.75) is 38.6 Å². The molecule has 1 aromatic rings. The molecule has 1 N–H and O–H groups in total. The van der Waals surface area contributed by atoms with E-state index in [1.54, 1.807) is 12.3 Å². The van der Waals surface area contributed by atoms with Gasteiger partial charge in [-0.05, 0) is 56.1 Å². The van der Waals surface area contributed by atoms with Gasteiger partial charge in [-0.2, -0.15) is 5.26 Å². The van der Waals surface area contributed by atoms with E-state index < -0.39 is 0 Å². The van der Waals surface area contributed by atoms with Crippen molar-refractivity contribution in [2.24, 2.45) is 17.8 Å². The summed E-state index contributed by atoms with van der Waals surface area (Å²) in [6, 6.07) is 6.20. The van der Waals surface area contributed by atoms with Gasteiger partial charge in [-0.25, -0.2) is 4.98 Å². The number of nitrogens with one attached hydrogen (secondary N) is 1. The monoisotopic (exact) mass is 241 g/mol. The van der Waals surface area contributed by atoms with Crippen molar-refractivity contribution in [2.75, 3.05) is 5.32 Å². The van der Waals surface area contributed by atoms with Gasteiger partial charge in [0, 0.05) is 12.2 Å². The van der Waals surface area contributed by atoms with Gasteiger partial charge >= 0.3 is 0 Å². The number of anilines is 1. The first-order valence-corrected chi connectivity index (χ1v) is 6.89. The lowest BCUT2D eigenvalue weighted by Crippen LogP contribution is -2.30. The molecule has 4 unspecified atom stereocenters. The average Bonchev–Trinajstić information content (AvgIpc) is 3.01. The van der Waals surface area contributed by atoms with Crippen LogP contribution in [0.15, 0.2) is 18.3 Å². The zero-order valence-electron chi connectivity index (χ0n) is 10.8. The maximum Gasteiger partial charge on any atom is 0.127 e. The summed E-state index contributed by atoms with van der Waals surface area (Å²) in [6.07, 6.45) is 7.36. The standard InChI is InChI=1S/C15H19N3/c1-10(14-7-11-2-3-13(14)6-11)18-15-8-12(9-16)4-5-17-15/h4-5,8,10-11,13-14H,2-3,6-7H2,1H3,(H,17,18). The molecule has 2 aliphatic carbocycles. The van der Waals surface area contributed by atoms with E-state index in [1.807, 2.05) is 6.07 Å². The van der Waals surface area contributed by atoms with Crippen LogP contribution < -0.4 is 5.32 Å². The Balaban J connectivity index is 1.67. The van der Waals surface area contributed by atoms with E-state index in [0.717, 1.165) is 23.6 Å². The fourth-order valence-corrected chi connectivity index (χ4v) is 3.83. The van der Waals surface area contributed by atoms with Gasteiger partial charge in [0.05, 0.1) is 11.6 Å². The Kier molecular flexibility index (Phi) is 2.95. The molecule has 4 atom stereocenters. The Morgan fingerprint density at radius 2 is 2.33 bits per heavy atom. The molecule has 1 heterocycles. The summed E-state index contributed by atoms with van der Waals surface area (Å²) < 4.78 is 0. The van der Waals surface area contributed by atoms with Crippen molar-refractivity contribution in [3.63, 3.8) is 0 Å². The predicted octanol–water partition coefficient (Wildman–Crippen LogP) is 3.19. The molecule has 94 valence electrons. The third-order valence-electron chi connectivity index (χ3n) is 4.70. The van der Waals surface area contributed by atoms with E-state index in [9.17, 15) is 0 Å². The van der Waals surface area contributed by atoms with Crippen LogP contribution in [0.4, 0.5) is 5.82 Å². The molecule has 0 aromatic carbocycles. The van der Waals surface area contributed by atoms with Crippen LogP contribution in [0, 0.1) is 29.1 Å². The van der Waals surface area contributed by atoms with Crippen LogP contribution in [0.3, 0.4) is 0 Å². The van der Waals surface area contributed by atoms with Crippen LogP contribution in [0.5, 0.6) is 0 Å². The predicted molar refractivity (Wildman–Crippen MR) is 71.0 cm³/mol.